The number of likely N-dealkylation sites (tertiary alicyclic amines) is 1. The molecule has 2 heterocycles. The molecule has 4 N–H and O–H groups in total. The van der Waals surface area contributed by atoms with E-state index in [-0.39, 0.29) is 24.4 Å². The van der Waals surface area contributed by atoms with Gasteiger partial charge in [-0.25, -0.2) is 4.98 Å². The van der Waals surface area contributed by atoms with Gasteiger partial charge in [0.1, 0.15) is 5.82 Å². The minimum Gasteiger partial charge on any atom is -0.384 e. The molecule has 0 radical (unpaired) electrons. The zero-order chi connectivity index (χ0) is 15.9. The number of nitrogens with zero attached hydrogens (tertiary/aromatic N) is 2. The second-order valence-corrected chi connectivity index (χ2v) is 6.27. The summed E-state index contributed by atoms with van der Waals surface area (Å²) < 4.78 is 0. The van der Waals surface area contributed by atoms with E-state index < -0.39 is 0 Å². The molecule has 130 valence electrons. The molecule has 23 heavy (non-hydrogen) atoms. The summed E-state index contributed by atoms with van der Waals surface area (Å²) in [5.74, 6) is 1.43. The lowest BCUT2D eigenvalue weighted by atomic mass is 9.94. The molecule has 1 unspecified atom stereocenters. The van der Waals surface area contributed by atoms with Gasteiger partial charge in [-0.05, 0) is 49.7 Å². The fourth-order valence-electron chi connectivity index (χ4n) is 3.03. The molecule has 0 aliphatic carbocycles. The smallest absolute Gasteiger partial charge is 0.239 e. The maximum atomic E-state index is 12.4. The Morgan fingerprint density at radius 1 is 1.39 bits per heavy atom. The number of anilines is 1. The Hall–Kier alpha value is -1.33. The van der Waals surface area contributed by atoms with Gasteiger partial charge in [-0.1, -0.05) is 19.4 Å². The maximum absolute atomic E-state index is 12.4. The lowest BCUT2D eigenvalue weighted by Gasteiger charge is -2.33. The SMILES string of the molecule is CCC1CCN(C(=O)C(N)CCCc2ccc(N)nc2)CC1.Cl. The third-order valence-corrected chi connectivity index (χ3v) is 4.65. The lowest BCUT2D eigenvalue weighted by molar-refractivity contribution is -0.134. The maximum Gasteiger partial charge on any atom is 0.239 e. The highest BCUT2D eigenvalue weighted by molar-refractivity contribution is 5.85. The number of amides is 1. The fourth-order valence-corrected chi connectivity index (χ4v) is 3.03. The van der Waals surface area contributed by atoms with Crippen LogP contribution in [0, 0.1) is 5.92 Å². The normalized spacial score (nSPS) is 16.7. The number of hydrogen-bond acceptors (Lipinski definition) is 4. The van der Waals surface area contributed by atoms with Gasteiger partial charge in [-0.3, -0.25) is 4.79 Å². The Kier molecular flexibility index (Phi) is 8.34. The summed E-state index contributed by atoms with van der Waals surface area (Å²) in [6, 6.07) is 3.41. The van der Waals surface area contributed by atoms with Crippen LogP contribution in [0.5, 0.6) is 0 Å². The van der Waals surface area contributed by atoms with Gasteiger partial charge in [0.15, 0.2) is 0 Å². The molecule has 1 aliphatic heterocycles. The zero-order valence-electron chi connectivity index (χ0n) is 13.9. The van der Waals surface area contributed by atoms with Crippen LogP contribution in [0.3, 0.4) is 0 Å². The van der Waals surface area contributed by atoms with Gasteiger partial charge in [0.25, 0.3) is 0 Å². The Bertz CT molecular complexity index is 472. The third-order valence-electron chi connectivity index (χ3n) is 4.65. The first-order chi connectivity index (χ1) is 10.6. The standard InChI is InChI=1S/C17H28N4O.ClH/c1-2-13-8-10-21(11-9-13)17(22)15(18)5-3-4-14-6-7-16(19)20-12-14;/h6-7,12-13,15H,2-5,8-11,18H2,1H3,(H2,19,20);1H. The Morgan fingerprint density at radius 2 is 2.09 bits per heavy atom. The number of hydrogen-bond donors (Lipinski definition) is 2. The number of carbonyl (C=O) groups is 1. The highest BCUT2D eigenvalue weighted by atomic mass is 35.5. The molecular weight excluding hydrogens is 312 g/mol. The Labute approximate surface area is 145 Å². The van der Waals surface area contributed by atoms with Gasteiger partial charge >= 0.3 is 0 Å². The van der Waals surface area contributed by atoms with Crippen molar-refractivity contribution in [2.75, 3.05) is 18.8 Å². The number of nitrogen functional groups attached to an aromatic ring is 1. The van der Waals surface area contributed by atoms with Crippen molar-refractivity contribution >= 4 is 24.1 Å². The number of carbonyl (C=O) groups excluding carboxylic acids is 1. The summed E-state index contributed by atoms with van der Waals surface area (Å²) in [4.78, 5) is 18.4. The van der Waals surface area contributed by atoms with Gasteiger partial charge in [0, 0.05) is 19.3 Å². The van der Waals surface area contributed by atoms with E-state index in [1.807, 2.05) is 11.0 Å². The van der Waals surface area contributed by atoms with Crippen LogP contribution in [-0.2, 0) is 11.2 Å². The van der Waals surface area contributed by atoms with Crippen LogP contribution in [0.1, 0.15) is 44.6 Å². The van der Waals surface area contributed by atoms with Gasteiger partial charge in [0.2, 0.25) is 5.91 Å². The summed E-state index contributed by atoms with van der Waals surface area (Å²) in [7, 11) is 0. The predicted molar refractivity (Wildman–Crippen MR) is 96.4 cm³/mol. The summed E-state index contributed by atoms with van der Waals surface area (Å²) in [5.41, 5.74) is 12.8. The number of aryl methyl sites for hydroxylation is 1. The largest absolute Gasteiger partial charge is 0.384 e. The molecule has 6 heteroatoms. The average Bonchev–Trinajstić information content (AvgIpc) is 2.56. The van der Waals surface area contributed by atoms with Gasteiger partial charge in [-0.15, -0.1) is 12.4 Å². The summed E-state index contributed by atoms with van der Waals surface area (Å²) >= 11 is 0. The Balaban J connectivity index is 0.00000264. The van der Waals surface area contributed by atoms with Crippen molar-refractivity contribution < 1.29 is 4.79 Å². The number of rotatable bonds is 6. The van der Waals surface area contributed by atoms with Crippen molar-refractivity contribution in [1.29, 1.82) is 0 Å². The van der Waals surface area contributed by atoms with E-state index in [2.05, 4.69) is 11.9 Å². The first kappa shape index (κ1) is 19.7. The average molecular weight is 341 g/mol. The van der Waals surface area contributed by atoms with E-state index in [4.69, 9.17) is 11.5 Å². The molecule has 1 aliphatic rings. The Morgan fingerprint density at radius 3 is 2.65 bits per heavy atom. The van der Waals surface area contributed by atoms with Gasteiger partial charge in [-0.2, -0.15) is 0 Å². The second kappa shape index (κ2) is 9.73. The fraction of sp³-hybridized carbons (Fsp3) is 0.647. The highest BCUT2D eigenvalue weighted by Crippen LogP contribution is 2.20. The van der Waals surface area contributed by atoms with Crippen LogP contribution in [0.15, 0.2) is 18.3 Å². The number of nitrogens with two attached hydrogens (primary N) is 2. The van der Waals surface area contributed by atoms with Gasteiger partial charge in [0.05, 0.1) is 6.04 Å². The molecule has 1 atom stereocenters. The lowest BCUT2D eigenvalue weighted by Crippen LogP contribution is -2.47. The minimum atomic E-state index is -0.375. The quantitative estimate of drug-likeness (QED) is 0.832. The third kappa shape index (κ3) is 5.99. The number of aromatic nitrogens is 1. The summed E-state index contributed by atoms with van der Waals surface area (Å²) in [6.07, 6.45) is 7.73. The van der Waals surface area contributed by atoms with Crippen LogP contribution >= 0.6 is 12.4 Å². The monoisotopic (exact) mass is 340 g/mol. The van der Waals surface area contributed by atoms with E-state index in [1.54, 1.807) is 12.3 Å². The van der Waals surface area contributed by atoms with Crippen LogP contribution < -0.4 is 11.5 Å². The number of piperidine rings is 1. The van der Waals surface area contributed by atoms with Crippen LogP contribution in [0.25, 0.3) is 0 Å². The molecule has 1 saturated heterocycles. The summed E-state index contributed by atoms with van der Waals surface area (Å²) in [5, 5.41) is 0. The molecule has 1 aromatic rings. The molecule has 1 aromatic heterocycles. The number of halogens is 1. The van der Waals surface area contributed by atoms with Crippen molar-refractivity contribution in [3.8, 4) is 0 Å². The number of pyridine rings is 1. The molecule has 1 fully saturated rings. The van der Waals surface area contributed by atoms with Crippen molar-refractivity contribution in [2.24, 2.45) is 11.7 Å². The first-order valence-electron chi connectivity index (χ1n) is 8.35. The van der Waals surface area contributed by atoms with E-state index in [9.17, 15) is 4.79 Å². The molecule has 0 spiro atoms. The van der Waals surface area contributed by atoms with Crippen LogP contribution in [0.4, 0.5) is 5.82 Å². The van der Waals surface area contributed by atoms with E-state index in [0.29, 0.717) is 5.82 Å². The van der Waals surface area contributed by atoms with E-state index >= 15 is 0 Å². The molecule has 0 aromatic carbocycles. The predicted octanol–water partition coefficient (Wildman–Crippen LogP) is 2.38. The molecular formula is C17H29ClN4O. The van der Waals surface area contributed by atoms with Crippen LogP contribution in [0.2, 0.25) is 0 Å². The molecule has 0 saturated carbocycles. The van der Waals surface area contributed by atoms with E-state index in [0.717, 1.165) is 56.7 Å². The van der Waals surface area contributed by atoms with Crippen molar-refractivity contribution in [2.45, 2.75) is 51.5 Å². The van der Waals surface area contributed by atoms with Crippen molar-refractivity contribution in [1.82, 2.24) is 9.88 Å². The van der Waals surface area contributed by atoms with Crippen molar-refractivity contribution in [3.05, 3.63) is 23.9 Å². The molecule has 5 nitrogen and oxygen atoms in total. The van der Waals surface area contributed by atoms with E-state index in [1.165, 1.54) is 6.42 Å². The molecule has 1 amide bonds. The molecule has 0 bridgehead atoms. The topological polar surface area (TPSA) is 85.2 Å². The zero-order valence-corrected chi connectivity index (χ0v) is 14.7. The van der Waals surface area contributed by atoms with Crippen LogP contribution in [-0.4, -0.2) is 34.9 Å². The first-order valence-corrected chi connectivity index (χ1v) is 8.35. The van der Waals surface area contributed by atoms with Gasteiger partial charge < -0.3 is 16.4 Å². The second-order valence-electron chi connectivity index (χ2n) is 6.27. The highest BCUT2D eigenvalue weighted by Gasteiger charge is 2.25. The van der Waals surface area contributed by atoms with Crippen molar-refractivity contribution in [3.63, 3.8) is 0 Å². The summed E-state index contributed by atoms with van der Waals surface area (Å²) in [6.45, 7) is 3.96. The minimum absolute atomic E-state index is 0. The molecule has 2 rings (SSSR count).